The third-order valence-corrected chi connectivity index (χ3v) is 3.99. The van der Waals surface area contributed by atoms with E-state index >= 15 is 0 Å². The summed E-state index contributed by atoms with van der Waals surface area (Å²) in [6.07, 6.45) is 1.65. The number of aryl methyl sites for hydroxylation is 1. The zero-order chi connectivity index (χ0) is 16.6. The second-order valence-electron chi connectivity index (χ2n) is 5.37. The van der Waals surface area contributed by atoms with Gasteiger partial charge in [0, 0.05) is 18.3 Å². The third-order valence-electron chi connectivity index (χ3n) is 3.99. The van der Waals surface area contributed by atoms with Gasteiger partial charge in [-0.05, 0) is 37.1 Å². The lowest BCUT2D eigenvalue weighted by Crippen LogP contribution is -2.42. The van der Waals surface area contributed by atoms with Crippen LogP contribution >= 0.6 is 0 Å². The number of urea groups is 1. The van der Waals surface area contributed by atoms with E-state index in [-0.39, 0.29) is 6.03 Å². The molecular formula is C17H17N3O3. The number of hydrogen-bond donors (Lipinski definition) is 1. The minimum absolute atomic E-state index is 0.265. The van der Waals surface area contributed by atoms with E-state index in [0.717, 1.165) is 11.1 Å². The predicted molar refractivity (Wildman–Crippen MR) is 85.9 cm³/mol. The summed E-state index contributed by atoms with van der Waals surface area (Å²) in [7, 11) is 1.35. The molecule has 0 atom stereocenters. The lowest BCUT2D eigenvalue weighted by atomic mass is 10.00. The highest BCUT2D eigenvalue weighted by atomic mass is 16.5. The molecule has 23 heavy (non-hydrogen) atoms. The number of methoxy groups -OCH3 is 1. The molecule has 1 N–H and O–H groups in total. The van der Waals surface area contributed by atoms with Crippen molar-refractivity contribution in [1.82, 2.24) is 10.3 Å². The highest BCUT2D eigenvalue weighted by molar-refractivity contribution is 6.03. The van der Waals surface area contributed by atoms with Gasteiger partial charge in [0.05, 0.1) is 18.4 Å². The van der Waals surface area contributed by atoms with E-state index in [2.05, 4.69) is 10.3 Å². The number of carbonyl (C=O) groups excluding carboxylic acids is 2. The van der Waals surface area contributed by atoms with Crippen molar-refractivity contribution in [3.05, 3.63) is 52.7 Å². The van der Waals surface area contributed by atoms with Crippen molar-refractivity contribution in [2.45, 2.75) is 20.4 Å². The van der Waals surface area contributed by atoms with E-state index in [1.165, 1.54) is 12.0 Å². The Kier molecular flexibility index (Phi) is 3.73. The Labute approximate surface area is 134 Å². The van der Waals surface area contributed by atoms with Crippen LogP contribution in [0.5, 0.6) is 0 Å². The van der Waals surface area contributed by atoms with Crippen LogP contribution in [0.1, 0.15) is 27.0 Å². The molecule has 1 aromatic heterocycles. The van der Waals surface area contributed by atoms with Crippen molar-refractivity contribution in [3.63, 3.8) is 0 Å². The van der Waals surface area contributed by atoms with E-state index < -0.39 is 5.97 Å². The molecule has 2 heterocycles. The summed E-state index contributed by atoms with van der Waals surface area (Å²) < 4.78 is 4.86. The topological polar surface area (TPSA) is 71.5 Å². The smallest absolute Gasteiger partial charge is 0.338 e. The van der Waals surface area contributed by atoms with Gasteiger partial charge in [0.25, 0.3) is 0 Å². The molecule has 6 nitrogen and oxygen atoms in total. The van der Waals surface area contributed by atoms with Crippen LogP contribution in [0.4, 0.5) is 16.3 Å². The summed E-state index contributed by atoms with van der Waals surface area (Å²) >= 11 is 0. The largest absolute Gasteiger partial charge is 0.465 e. The number of anilines is 2. The van der Waals surface area contributed by atoms with Crippen LogP contribution in [0.15, 0.2) is 30.5 Å². The van der Waals surface area contributed by atoms with Crippen molar-refractivity contribution < 1.29 is 14.3 Å². The standard InChI is InChI=1S/C17H17N3O3/c1-10-6-7-13(11(2)14(10)16(21)23-3)20-15-12(5-4-8-18-15)9-19-17(20)22/h4-8H,9H2,1-3H3,(H,19,22). The van der Waals surface area contributed by atoms with Gasteiger partial charge in [-0.1, -0.05) is 12.1 Å². The van der Waals surface area contributed by atoms with E-state index in [4.69, 9.17) is 4.74 Å². The zero-order valence-corrected chi connectivity index (χ0v) is 13.2. The number of fused-ring (bicyclic) bond motifs is 1. The van der Waals surface area contributed by atoms with E-state index in [1.807, 2.05) is 25.1 Å². The normalized spacial score (nSPS) is 13.3. The number of carbonyl (C=O) groups is 2. The summed E-state index contributed by atoms with van der Waals surface area (Å²) in [5, 5.41) is 2.82. The van der Waals surface area contributed by atoms with E-state index in [0.29, 0.717) is 29.2 Å². The number of rotatable bonds is 2. The second-order valence-corrected chi connectivity index (χ2v) is 5.37. The van der Waals surface area contributed by atoms with Gasteiger partial charge in [-0.25, -0.2) is 19.5 Å². The number of amides is 2. The number of nitrogens with one attached hydrogen (secondary N) is 1. The molecule has 0 aliphatic carbocycles. The monoisotopic (exact) mass is 311 g/mol. The van der Waals surface area contributed by atoms with Crippen LogP contribution in [-0.4, -0.2) is 24.1 Å². The van der Waals surface area contributed by atoms with Crippen LogP contribution in [0.3, 0.4) is 0 Å². The fourth-order valence-electron chi connectivity index (χ4n) is 2.83. The minimum Gasteiger partial charge on any atom is -0.465 e. The maximum Gasteiger partial charge on any atom is 0.338 e. The molecule has 0 radical (unpaired) electrons. The number of pyridine rings is 1. The van der Waals surface area contributed by atoms with Gasteiger partial charge in [0.2, 0.25) is 0 Å². The molecule has 1 aliphatic heterocycles. The lowest BCUT2D eigenvalue weighted by Gasteiger charge is -2.30. The third kappa shape index (κ3) is 2.42. The summed E-state index contributed by atoms with van der Waals surface area (Å²) in [5.41, 5.74) is 3.50. The molecular weight excluding hydrogens is 294 g/mol. The Balaban J connectivity index is 2.19. The summed E-state index contributed by atoms with van der Waals surface area (Å²) in [4.78, 5) is 30.3. The Morgan fingerprint density at radius 3 is 2.83 bits per heavy atom. The van der Waals surface area contributed by atoms with E-state index in [1.54, 1.807) is 19.2 Å². The van der Waals surface area contributed by atoms with Crippen molar-refractivity contribution in [2.24, 2.45) is 0 Å². The molecule has 3 rings (SSSR count). The zero-order valence-electron chi connectivity index (χ0n) is 13.2. The van der Waals surface area contributed by atoms with Gasteiger partial charge in [0.15, 0.2) is 0 Å². The molecule has 0 saturated heterocycles. The predicted octanol–water partition coefficient (Wildman–Crippen LogP) is 2.85. The first-order valence-corrected chi connectivity index (χ1v) is 7.25. The van der Waals surface area contributed by atoms with Crippen molar-refractivity contribution in [1.29, 1.82) is 0 Å². The SMILES string of the molecule is COC(=O)c1c(C)ccc(N2C(=O)NCc3cccnc32)c1C. The average molecular weight is 311 g/mol. The van der Waals surface area contributed by atoms with Crippen LogP contribution in [0, 0.1) is 13.8 Å². The Bertz CT molecular complexity index is 802. The van der Waals surface area contributed by atoms with Crippen molar-refractivity contribution in [2.75, 3.05) is 12.0 Å². The molecule has 0 bridgehead atoms. The Morgan fingerprint density at radius 1 is 1.30 bits per heavy atom. The second kappa shape index (κ2) is 5.72. The molecule has 2 aromatic rings. The van der Waals surface area contributed by atoms with Crippen LogP contribution in [0.2, 0.25) is 0 Å². The van der Waals surface area contributed by atoms with Gasteiger partial charge in [-0.3, -0.25) is 0 Å². The van der Waals surface area contributed by atoms with Gasteiger partial charge in [0.1, 0.15) is 5.82 Å². The molecule has 2 amide bonds. The number of benzene rings is 1. The van der Waals surface area contributed by atoms with Crippen molar-refractivity contribution >= 4 is 23.5 Å². The van der Waals surface area contributed by atoms with Gasteiger partial charge in [-0.15, -0.1) is 0 Å². The van der Waals surface area contributed by atoms with Gasteiger partial charge in [-0.2, -0.15) is 0 Å². The first kappa shape index (κ1) is 15.0. The van der Waals surface area contributed by atoms with Crippen LogP contribution in [0.25, 0.3) is 0 Å². The minimum atomic E-state index is -0.416. The number of esters is 1. The first-order chi connectivity index (χ1) is 11.0. The fraction of sp³-hybridized carbons (Fsp3) is 0.235. The number of ether oxygens (including phenoxy) is 1. The highest BCUT2D eigenvalue weighted by Gasteiger charge is 2.29. The number of hydrogen-bond acceptors (Lipinski definition) is 4. The van der Waals surface area contributed by atoms with Gasteiger partial charge < -0.3 is 10.1 Å². The quantitative estimate of drug-likeness (QED) is 0.866. The van der Waals surface area contributed by atoms with E-state index in [9.17, 15) is 9.59 Å². The molecule has 0 fully saturated rings. The number of aromatic nitrogens is 1. The van der Waals surface area contributed by atoms with Crippen molar-refractivity contribution in [3.8, 4) is 0 Å². The summed E-state index contributed by atoms with van der Waals surface area (Å²) in [6.45, 7) is 4.08. The van der Waals surface area contributed by atoms with Crippen LogP contribution in [-0.2, 0) is 11.3 Å². The molecule has 1 aromatic carbocycles. The maximum absolute atomic E-state index is 12.4. The van der Waals surface area contributed by atoms with Gasteiger partial charge >= 0.3 is 12.0 Å². The Hall–Kier alpha value is -2.89. The molecule has 6 heteroatoms. The molecule has 1 aliphatic rings. The lowest BCUT2D eigenvalue weighted by molar-refractivity contribution is 0.0599. The molecule has 0 saturated carbocycles. The van der Waals surface area contributed by atoms with Crippen LogP contribution < -0.4 is 10.2 Å². The first-order valence-electron chi connectivity index (χ1n) is 7.25. The molecule has 0 unspecified atom stereocenters. The molecule has 0 spiro atoms. The number of nitrogens with zero attached hydrogens (tertiary/aromatic N) is 2. The molecule has 118 valence electrons. The maximum atomic E-state index is 12.4. The Morgan fingerprint density at radius 2 is 2.09 bits per heavy atom. The highest BCUT2D eigenvalue weighted by Crippen LogP contribution is 2.34. The summed E-state index contributed by atoms with van der Waals surface area (Å²) in [5.74, 6) is 0.166. The summed E-state index contributed by atoms with van der Waals surface area (Å²) in [6, 6.07) is 7.11. The fourth-order valence-corrected chi connectivity index (χ4v) is 2.83. The average Bonchev–Trinajstić information content (AvgIpc) is 2.56.